The van der Waals surface area contributed by atoms with E-state index in [1.165, 1.54) is 0 Å². The third-order valence-corrected chi connectivity index (χ3v) is 3.53. The number of nitrogens with zero attached hydrogens (tertiary/aromatic N) is 2. The van der Waals surface area contributed by atoms with Crippen molar-refractivity contribution < 1.29 is 15.0 Å². The number of para-hydroxylation sites is 2. The molecule has 2 aromatic rings. The fraction of sp³-hybridized carbons (Fsp3) is 0.263. The average Bonchev–Trinajstić information content (AvgIpc) is 2.57. The molecule has 1 amide bonds. The molecule has 2 rings (SSSR count). The predicted molar refractivity (Wildman–Crippen MR) is 92.7 cm³/mol. The van der Waals surface area contributed by atoms with Crippen molar-refractivity contribution in [2.45, 2.75) is 25.0 Å². The number of rotatable bonds is 7. The molecule has 124 valence electrons. The number of aliphatic hydroxyl groups excluding tert-OH is 2. The minimum absolute atomic E-state index is 0.00550. The van der Waals surface area contributed by atoms with E-state index in [2.05, 4.69) is 4.85 Å². The van der Waals surface area contributed by atoms with Crippen molar-refractivity contribution in [1.29, 1.82) is 0 Å². The Labute approximate surface area is 141 Å². The third-order valence-electron chi connectivity index (χ3n) is 3.53. The van der Waals surface area contributed by atoms with Gasteiger partial charge in [-0.3, -0.25) is 9.69 Å². The number of benzene rings is 2. The fourth-order valence-electron chi connectivity index (χ4n) is 2.46. The Morgan fingerprint density at radius 1 is 0.958 bits per heavy atom. The van der Waals surface area contributed by atoms with Gasteiger partial charge in [-0.2, -0.15) is 0 Å². The number of amides is 1. The maximum Gasteiger partial charge on any atom is 0.240 e. The molecule has 0 aliphatic carbocycles. The van der Waals surface area contributed by atoms with Crippen LogP contribution in [0.15, 0.2) is 60.7 Å². The van der Waals surface area contributed by atoms with Crippen LogP contribution in [0.3, 0.4) is 0 Å². The third kappa shape index (κ3) is 4.92. The summed E-state index contributed by atoms with van der Waals surface area (Å²) >= 11 is 0. The van der Waals surface area contributed by atoms with Gasteiger partial charge in [-0.1, -0.05) is 36.4 Å². The summed E-state index contributed by atoms with van der Waals surface area (Å²) in [6.45, 7) is 6.64. The number of aliphatic hydroxyl groups is 2. The highest BCUT2D eigenvalue weighted by molar-refractivity contribution is 6.00. The van der Waals surface area contributed by atoms with Gasteiger partial charge in [0.15, 0.2) is 0 Å². The molecule has 0 bridgehead atoms. The van der Waals surface area contributed by atoms with Crippen LogP contribution in [0.2, 0.25) is 0 Å². The minimum atomic E-state index is -0.996. The molecule has 0 saturated heterocycles. The van der Waals surface area contributed by atoms with Crippen LogP contribution in [0, 0.1) is 6.57 Å². The molecule has 5 heteroatoms. The molecule has 0 unspecified atom stereocenters. The summed E-state index contributed by atoms with van der Waals surface area (Å²) in [4.78, 5) is 17.4. The second-order valence-corrected chi connectivity index (χ2v) is 5.49. The van der Waals surface area contributed by atoms with E-state index < -0.39 is 12.2 Å². The van der Waals surface area contributed by atoms with E-state index in [0.717, 1.165) is 0 Å². The Bertz CT molecular complexity index is 643. The topological polar surface area (TPSA) is 65.1 Å². The zero-order valence-corrected chi connectivity index (χ0v) is 13.2. The van der Waals surface area contributed by atoms with Crippen molar-refractivity contribution in [3.8, 4) is 0 Å². The zero-order chi connectivity index (χ0) is 17.4. The molecule has 0 aliphatic heterocycles. The Hall–Kier alpha value is -2.68. The van der Waals surface area contributed by atoms with Crippen LogP contribution in [0.1, 0.15) is 12.8 Å². The van der Waals surface area contributed by atoms with Gasteiger partial charge in [-0.15, -0.1) is 0 Å². The Balaban J connectivity index is 2.16. The van der Waals surface area contributed by atoms with Crippen molar-refractivity contribution in [1.82, 2.24) is 0 Å². The number of hydrogen-bond acceptors (Lipinski definition) is 3. The maximum absolute atomic E-state index is 12.7. The van der Waals surface area contributed by atoms with E-state index in [1.54, 1.807) is 4.90 Å². The highest BCUT2D eigenvalue weighted by Gasteiger charge is 2.23. The largest absolute Gasteiger partial charge is 0.392 e. The van der Waals surface area contributed by atoms with Crippen molar-refractivity contribution in [3.63, 3.8) is 0 Å². The first kappa shape index (κ1) is 17.7. The van der Waals surface area contributed by atoms with Crippen molar-refractivity contribution in [2.75, 3.05) is 11.4 Å². The summed E-state index contributed by atoms with van der Waals surface area (Å²) in [5.74, 6) is -0.269. The summed E-state index contributed by atoms with van der Waals surface area (Å²) in [7, 11) is 0. The molecule has 2 atom stereocenters. The first-order valence-electron chi connectivity index (χ1n) is 7.74. The van der Waals surface area contributed by atoms with E-state index in [4.69, 9.17) is 6.57 Å². The van der Waals surface area contributed by atoms with Gasteiger partial charge in [0.25, 0.3) is 0 Å². The van der Waals surface area contributed by atoms with Gasteiger partial charge in [-0.25, -0.2) is 6.57 Å². The molecule has 0 aliphatic rings. The molecule has 24 heavy (non-hydrogen) atoms. The smallest absolute Gasteiger partial charge is 0.240 e. The number of hydrogen-bond donors (Lipinski definition) is 2. The number of carbonyl (C=O) groups excluding carboxylic acids is 1. The SMILES string of the molecule is [C-]#[N+]C[C@@H](O)C[C@@H](O)CC(=O)N(c1ccccc1)c1ccccc1. The highest BCUT2D eigenvalue weighted by Crippen LogP contribution is 2.26. The lowest BCUT2D eigenvalue weighted by Crippen LogP contribution is -2.31. The second-order valence-electron chi connectivity index (χ2n) is 5.49. The Kier molecular flexibility index (Phi) is 6.50. The van der Waals surface area contributed by atoms with Gasteiger partial charge in [0.05, 0.1) is 12.5 Å². The lowest BCUT2D eigenvalue weighted by atomic mass is 10.1. The van der Waals surface area contributed by atoms with Crippen LogP contribution >= 0.6 is 0 Å². The standard InChI is InChI=1S/C19H20N2O3/c1-20-14-18(23)12-17(22)13-19(24)21(15-8-4-2-5-9-15)16-10-6-3-7-11-16/h2-11,17-18,22-23H,12-14H2/t17-,18+/m1/s1. The monoisotopic (exact) mass is 324 g/mol. The van der Waals surface area contributed by atoms with Gasteiger partial charge in [-0.05, 0) is 24.3 Å². The molecule has 0 heterocycles. The van der Waals surface area contributed by atoms with Crippen molar-refractivity contribution in [3.05, 3.63) is 72.1 Å². The van der Waals surface area contributed by atoms with Crippen LogP contribution in [-0.2, 0) is 4.79 Å². The summed E-state index contributed by atoms with van der Waals surface area (Å²) in [6.07, 6.45) is -2.04. The predicted octanol–water partition coefficient (Wildman–Crippen LogP) is 2.77. The van der Waals surface area contributed by atoms with Crippen LogP contribution in [0.4, 0.5) is 11.4 Å². The Morgan fingerprint density at radius 3 is 1.92 bits per heavy atom. The normalized spacial score (nSPS) is 12.9. The lowest BCUT2D eigenvalue weighted by molar-refractivity contribution is -0.120. The molecule has 0 radical (unpaired) electrons. The first-order chi connectivity index (χ1) is 11.6. The Morgan fingerprint density at radius 2 is 1.46 bits per heavy atom. The summed E-state index contributed by atoms with van der Waals surface area (Å²) in [5, 5.41) is 19.7. The van der Waals surface area contributed by atoms with E-state index in [1.807, 2.05) is 60.7 Å². The van der Waals surface area contributed by atoms with Crippen LogP contribution in [0.5, 0.6) is 0 Å². The van der Waals surface area contributed by atoms with Crippen LogP contribution in [-0.4, -0.2) is 34.9 Å². The van der Waals surface area contributed by atoms with E-state index in [9.17, 15) is 15.0 Å². The molecule has 0 spiro atoms. The molecule has 0 aromatic heterocycles. The van der Waals surface area contributed by atoms with Gasteiger partial charge in [0, 0.05) is 17.8 Å². The fourth-order valence-corrected chi connectivity index (χ4v) is 2.46. The number of carbonyl (C=O) groups is 1. The van der Waals surface area contributed by atoms with Crippen molar-refractivity contribution >= 4 is 17.3 Å². The molecule has 0 fully saturated rings. The van der Waals surface area contributed by atoms with E-state index in [0.29, 0.717) is 11.4 Å². The van der Waals surface area contributed by atoms with Crippen molar-refractivity contribution in [2.24, 2.45) is 0 Å². The quantitative estimate of drug-likeness (QED) is 0.770. The molecule has 0 saturated carbocycles. The van der Waals surface area contributed by atoms with Gasteiger partial charge in [0.2, 0.25) is 12.5 Å². The summed E-state index contributed by atoms with van der Waals surface area (Å²) in [5.41, 5.74) is 1.42. The summed E-state index contributed by atoms with van der Waals surface area (Å²) < 4.78 is 0. The molecular weight excluding hydrogens is 304 g/mol. The number of anilines is 2. The van der Waals surface area contributed by atoms with E-state index >= 15 is 0 Å². The van der Waals surface area contributed by atoms with Crippen LogP contribution < -0.4 is 4.90 Å². The minimum Gasteiger partial charge on any atom is -0.392 e. The lowest BCUT2D eigenvalue weighted by Gasteiger charge is -2.24. The van der Waals surface area contributed by atoms with Crippen LogP contribution in [0.25, 0.3) is 4.85 Å². The van der Waals surface area contributed by atoms with Gasteiger partial charge in [0.1, 0.15) is 6.10 Å². The molecule has 2 aromatic carbocycles. The van der Waals surface area contributed by atoms with E-state index in [-0.39, 0.29) is 25.3 Å². The maximum atomic E-state index is 12.7. The molecule has 5 nitrogen and oxygen atoms in total. The zero-order valence-electron chi connectivity index (χ0n) is 13.2. The first-order valence-corrected chi connectivity index (χ1v) is 7.74. The highest BCUT2D eigenvalue weighted by atomic mass is 16.3. The molecule has 2 N–H and O–H groups in total. The second kappa shape index (κ2) is 8.82. The summed E-state index contributed by atoms with van der Waals surface area (Å²) in [6, 6.07) is 18.4. The van der Waals surface area contributed by atoms with Gasteiger partial charge < -0.3 is 15.1 Å². The molecular formula is C19H20N2O3. The average molecular weight is 324 g/mol. The van der Waals surface area contributed by atoms with Gasteiger partial charge >= 0.3 is 0 Å².